The number of carbonyl (C=O) groups is 1. The highest BCUT2D eigenvalue weighted by Gasteiger charge is 2.08. The summed E-state index contributed by atoms with van der Waals surface area (Å²) in [5.74, 6) is -0.281. The number of anilines is 1. The quantitative estimate of drug-likeness (QED) is 0.290. The van der Waals surface area contributed by atoms with Gasteiger partial charge in [-0.1, -0.05) is 41.6 Å². The Labute approximate surface area is 176 Å². The van der Waals surface area contributed by atoms with Crippen LogP contribution in [0.5, 0.6) is 0 Å². The van der Waals surface area contributed by atoms with E-state index in [0.29, 0.717) is 22.5 Å². The normalized spacial score (nSPS) is 10.9. The average Bonchev–Trinajstić information content (AvgIpc) is 3.12. The molecule has 0 saturated carbocycles. The number of rotatable bonds is 8. The standard InChI is InChI=1S/C20H18ClN3O2S2/c1-2-26-19(25)11-16-13-27-20(23-16)24-22-12-14-5-3-4-6-18(14)28-17-9-7-15(21)8-10-17/h3-10,12-13H,2,11H2,1H3,(H,23,24). The van der Waals surface area contributed by atoms with Gasteiger partial charge in [0, 0.05) is 25.8 Å². The Hall–Kier alpha value is -2.35. The molecule has 0 aliphatic heterocycles. The van der Waals surface area contributed by atoms with E-state index in [4.69, 9.17) is 16.3 Å². The van der Waals surface area contributed by atoms with Crippen molar-refractivity contribution in [2.45, 2.75) is 23.1 Å². The maximum absolute atomic E-state index is 11.5. The first-order valence-corrected chi connectivity index (χ1v) is 10.6. The molecule has 0 aliphatic carbocycles. The van der Waals surface area contributed by atoms with Gasteiger partial charge in [-0.05, 0) is 37.3 Å². The number of hydrogen-bond acceptors (Lipinski definition) is 7. The molecule has 1 heterocycles. The van der Waals surface area contributed by atoms with Crippen molar-refractivity contribution in [3.8, 4) is 0 Å². The van der Waals surface area contributed by atoms with Crippen LogP contribution in [-0.2, 0) is 16.0 Å². The lowest BCUT2D eigenvalue weighted by molar-refractivity contribution is -0.142. The molecule has 3 rings (SSSR count). The van der Waals surface area contributed by atoms with Gasteiger partial charge in [0.1, 0.15) is 0 Å². The Balaban J connectivity index is 1.62. The van der Waals surface area contributed by atoms with Gasteiger partial charge in [-0.25, -0.2) is 4.98 Å². The number of aromatic nitrogens is 1. The summed E-state index contributed by atoms with van der Waals surface area (Å²) in [6, 6.07) is 15.7. The van der Waals surface area contributed by atoms with E-state index in [-0.39, 0.29) is 12.4 Å². The molecule has 0 fully saturated rings. The number of benzene rings is 2. The number of ether oxygens (including phenoxy) is 1. The Kier molecular flexibility index (Phi) is 7.47. The molecule has 0 amide bonds. The Bertz CT molecular complexity index is 958. The summed E-state index contributed by atoms with van der Waals surface area (Å²) in [5, 5.41) is 7.44. The van der Waals surface area contributed by atoms with Gasteiger partial charge in [0.25, 0.3) is 0 Å². The molecule has 0 spiro atoms. The van der Waals surface area contributed by atoms with E-state index < -0.39 is 0 Å². The van der Waals surface area contributed by atoms with Crippen LogP contribution in [0.4, 0.5) is 5.13 Å². The fourth-order valence-electron chi connectivity index (χ4n) is 2.27. The molecular weight excluding hydrogens is 414 g/mol. The molecule has 2 aromatic carbocycles. The van der Waals surface area contributed by atoms with Crippen LogP contribution in [0, 0.1) is 0 Å². The van der Waals surface area contributed by atoms with Crippen LogP contribution in [0.3, 0.4) is 0 Å². The predicted molar refractivity (Wildman–Crippen MR) is 116 cm³/mol. The molecule has 0 saturated heterocycles. The molecule has 0 radical (unpaired) electrons. The molecule has 0 bridgehead atoms. The van der Waals surface area contributed by atoms with E-state index in [2.05, 4.69) is 15.5 Å². The smallest absolute Gasteiger partial charge is 0.311 e. The van der Waals surface area contributed by atoms with Gasteiger partial charge in [-0.15, -0.1) is 11.3 Å². The summed E-state index contributed by atoms with van der Waals surface area (Å²) in [6.45, 7) is 2.15. The predicted octanol–water partition coefficient (Wildman–Crippen LogP) is 5.50. The van der Waals surface area contributed by atoms with Crippen molar-refractivity contribution in [2.75, 3.05) is 12.0 Å². The summed E-state index contributed by atoms with van der Waals surface area (Å²) in [7, 11) is 0. The molecule has 5 nitrogen and oxygen atoms in total. The van der Waals surface area contributed by atoms with Crippen molar-refractivity contribution in [3.63, 3.8) is 0 Å². The number of hydrazone groups is 1. The third-order valence-electron chi connectivity index (χ3n) is 3.51. The van der Waals surface area contributed by atoms with Crippen LogP contribution >= 0.6 is 34.7 Å². The van der Waals surface area contributed by atoms with Gasteiger partial charge in [0.2, 0.25) is 5.13 Å². The lowest BCUT2D eigenvalue weighted by Crippen LogP contribution is -2.07. The molecule has 0 aliphatic rings. The highest BCUT2D eigenvalue weighted by Crippen LogP contribution is 2.30. The van der Waals surface area contributed by atoms with E-state index in [1.807, 2.05) is 53.9 Å². The van der Waals surface area contributed by atoms with E-state index in [1.54, 1.807) is 24.9 Å². The molecule has 1 N–H and O–H groups in total. The number of hydrogen-bond donors (Lipinski definition) is 1. The summed E-state index contributed by atoms with van der Waals surface area (Å²) >= 11 is 8.98. The van der Waals surface area contributed by atoms with Gasteiger partial charge < -0.3 is 4.74 Å². The van der Waals surface area contributed by atoms with E-state index >= 15 is 0 Å². The molecule has 0 atom stereocenters. The van der Waals surface area contributed by atoms with E-state index in [9.17, 15) is 4.79 Å². The van der Waals surface area contributed by atoms with Crippen molar-refractivity contribution < 1.29 is 9.53 Å². The summed E-state index contributed by atoms with van der Waals surface area (Å²) in [5.41, 5.74) is 4.57. The minimum absolute atomic E-state index is 0.163. The van der Waals surface area contributed by atoms with Crippen molar-refractivity contribution in [1.29, 1.82) is 0 Å². The molecule has 0 unspecified atom stereocenters. The molecule has 8 heteroatoms. The zero-order chi connectivity index (χ0) is 19.8. The van der Waals surface area contributed by atoms with Crippen LogP contribution in [0.25, 0.3) is 0 Å². The first-order valence-electron chi connectivity index (χ1n) is 8.55. The number of esters is 1. The summed E-state index contributed by atoms with van der Waals surface area (Å²) < 4.78 is 4.93. The maximum Gasteiger partial charge on any atom is 0.311 e. The van der Waals surface area contributed by atoms with Crippen LogP contribution in [-0.4, -0.2) is 23.8 Å². The largest absolute Gasteiger partial charge is 0.466 e. The second-order valence-electron chi connectivity index (χ2n) is 5.59. The summed E-state index contributed by atoms with van der Waals surface area (Å²) in [4.78, 5) is 18.0. The van der Waals surface area contributed by atoms with Crippen molar-refractivity contribution in [3.05, 3.63) is 70.2 Å². The minimum atomic E-state index is -0.281. The second-order valence-corrected chi connectivity index (χ2v) is 8.00. The zero-order valence-electron chi connectivity index (χ0n) is 15.1. The van der Waals surface area contributed by atoms with Crippen LogP contribution < -0.4 is 5.43 Å². The van der Waals surface area contributed by atoms with Gasteiger partial charge in [-0.2, -0.15) is 5.10 Å². The fourth-order valence-corrected chi connectivity index (χ4v) is 3.96. The molecule has 3 aromatic rings. The summed E-state index contributed by atoms with van der Waals surface area (Å²) in [6.07, 6.45) is 1.92. The lowest BCUT2D eigenvalue weighted by Gasteiger charge is -2.05. The first kappa shape index (κ1) is 20.4. The fraction of sp³-hybridized carbons (Fsp3) is 0.150. The highest BCUT2D eigenvalue weighted by molar-refractivity contribution is 7.99. The van der Waals surface area contributed by atoms with E-state index in [1.165, 1.54) is 11.3 Å². The van der Waals surface area contributed by atoms with Crippen LogP contribution in [0.2, 0.25) is 5.02 Å². The van der Waals surface area contributed by atoms with Gasteiger partial charge >= 0.3 is 5.97 Å². The van der Waals surface area contributed by atoms with Crippen molar-refractivity contribution in [2.24, 2.45) is 5.10 Å². The van der Waals surface area contributed by atoms with Gasteiger partial charge in [-0.3, -0.25) is 10.2 Å². The molecule has 28 heavy (non-hydrogen) atoms. The maximum atomic E-state index is 11.5. The Morgan fingerprint density at radius 2 is 2.07 bits per heavy atom. The van der Waals surface area contributed by atoms with Gasteiger partial charge in [0.15, 0.2) is 0 Å². The molecule has 1 aromatic heterocycles. The van der Waals surface area contributed by atoms with Gasteiger partial charge in [0.05, 0.1) is 24.9 Å². The van der Waals surface area contributed by atoms with Crippen LogP contribution in [0.15, 0.2) is 68.8 Å². The SMILES string of the molecule is CCOC(=O)Cc1csc(NN=Cc2ccccc2Sc2ccc(Cl)cc2)n1. The van der Waals surface area contributed by atoms with Crippen molar-refractivity contribution >= 4 is 52.0 Å². The van der Waals surface area contributed by atoms with Crippen LogP contribution in [0.1, 0.15) is 18.2 Å². The Morgan fingerprint density at radius 3 is 2.86 bits per heavy atom. The number of nitrogens with one attached hydrogen (secondary N) is 1. The van der Waals surface area contributed by atoms with E-state index in [0.717, 1.165) is 15.4 Å². The monoisotopic (exact) mass is 431 g/mol. The first-order chi connectivity index (χ1) is 13.6. The number of carbonyl (C=O) groups excluding carboxylic acids is 1. The number of thiazole rings is 1. The Morgan fingerprint density at radius 1 is 1.29 bits per heavy atom. The highest BCUT2D eigenvalue weighted by atomic mass is 35.5. The third-order valence-corrected chi connectivity index (χ3v) is 5.65. The lowest BCUT2D eigenvalue weighted by atomic mass is 10.2. The van der Waals surface area contributed by atoms with Crippen molar-refractivity contribution in [1.82, 2.24) is 4.98 Å². The second kappa shape index (κ2) is 10.3. The zero-order valence-corrected chi connectivity index (χ0v) is 17.5. The topological polar surface area (TPSA) is 63.6 Å². The molecule has 144 valence electrons. The third kappa shape index (κ3) is 6.09. The average molecular weight is 432 g/mol. The number of halogens is 1. The minimum Gasteiger partial charge on any atom is -0.466 e. The molecular formula is C20H18ClN3O2S2. The number of nitrogens with zero attached hydrogens (tertiary/aromatic N) is 2.